The third-order valence-electron chi connectivity index (χ3n) is 2.63. The number of nitrogens with zero attached hydrogens (tertiary/aromatic N) is 2. The minimum Gasteiger partial charge on any atom is -0.382 e. The van der Waals surface area contributed by atoms with Gasteiger partial charge in [0.15, 0.2) is 6.10 Å². The van der Waals surface area contributed by atoms with E-state index in [4.69, 9.17) is 28.5 Å². The lowest BCUT2D eigenvalue weighted by Gasteiger charge is -2.17. The second kappa shape index (κ2) is 5.13. The molecule has 2 aromatic rings. The fourth-order valence-electron chi connectivity index (χ4n) is 1.64. The number of imidazole rings is 1. The third kappa shape index (κ3) is 2.68. The molecule has 2 atom stereocenters. The summed E-state index contributed by atoms with van der Waals surface area (Å²) >= 11 is 11.5. The topological polar surface area (TPSA) is 72.7 Å². The van der Waals surface area contributed by atoms with Crippen LogP contribution in [0.25, 0.3) is 11.0 Å². The number of benzene rings is 1. The Kier molecular flexibility index (Phi) is 3.82. The summed E-state index contributed by atoms with van der Waals surface area (Å²) in [6, 6.07) is 4.12. The van der Waals surface area contributed by atoms with Gasteiger partial charge in [-0.05, 0) is 12.1 Å². The lowest BCUT2D eigenvalue weighted by atomic mass is 10.0. The summed E-state index contributed by atoms with van der Waals surface area (Å²) in [5.74, 6) is -2.16. The summed E-state index contributed by atoms with van der Waals surface area (Å²) in [4.78, 5) is 6.37. The van der Waals surface area contributed by atoms with E-state index in [1.807, 2.05) is 0 Å². The maximum Gasteiger partial charge on any atom is 0.416 e. The van der Waals surface area contributed by atoms with Crippen molar-refractivity contribution in [2.75, 3.05) is 0 Å². The van der Waals surface area contributed by atoms with Gasteiger partial charge in [0.25, 0.3) is 0 Å². The molecule has 0 saturated heterocycles. The summed E-state index contributed by atoms with van der Waals surface area (Å²) in [5.41, 5.74) is 0.577. The van der Waals surface area contributed by atoms with Crippen LogP contribution in [0.5, 0.6) is 0 Å². The third-order valence-corrected chi connectivity index (χ3v) is 3.35. The predicted octanol–water partition coefficient (Wildman–Crippen LogP) is 3.40. The van der Waals surface area contributed by atoms with E-state index >= 15 is 0 Å². The summed E-state index contributed by atoms with van der Waals surface area (Å²) in [5, 5.41) is 18.4. The van der Waals surface area contributed by atoms with Gasteiger partial charge in [-0.25, -0.2) is 4.98 Å². The molecule has 2 rings (SSSR count). The summed E-state index contributed by atoms with van der Waals surface area (Å²) in [7, 11) is 0. The van der Waals surface area contributed by atoms with Crippen LogP contribution in [-0.2, 0) is 0 Å². The van der Waals surface area contributed by atoms with Crippen molar-refractivity contribution in [2.24, 2.45) is 0 Å². The first-order chi connectivity index (χ1) is 9.24. The van der Waals surface area contributed by atoms with Crippen molar-refractivity contribution >= 4 is 34.2 Å². The van der Waals surface area contributed by atoms with Crippen LogP contribution in [0.3, 0.4) is 0 Å². The number of H-pyrrole nitrogens is 1. The van der Waals surface area contributed by atoms with E-state index in [0.717, 1.165) is 0 Å². The first-order valence-electron chi connectivity index (χ1n) is 5.23. The fraction of sp³-hybridized carbons (Fsp3) is 0.273. The van der Waals surface area contributed by atoms with Crippen molar-refractivity contribution in [1.82, 2.24) is 9.97 Å². The number of aromatic nitrogens is 2. The molecule has 9 heteroatoms. The van der Waals surface area contributed by atoms with E-state index < -0.39 is 18.2 Å². The number of fused-ring (bicyclic) bond motifs is 1. The minimum absolute atomic E-state index is 0.182. The summed E-state index contributed by atoms with van der Waals surface area (Å²) in [6.45, 7) is 0. The molecule has 0 radical (unpaired) electrons. The van der Waals surface area contributed by atoms with E-state index in [1.165, 1.54) is 18.2 Å². The second-order valence-electron chi connectivity index (χ2n) is 4.00. The van der Waals surface area contributed by atoms with E-state index in [9.17, 15) is 18.3 Å². The van der Waals surface area contributed by atoms with Crippen molar-refractivity contribution in [3.05, 3.63) is 28.0 Å². The molecule has 0 spiro atoms. The highest BCUT2D eigenvalue weighted by molar-refractivity contribution is 6.42. The molecule has 0 amide bonds. The summed E-state index contributed by atoms with van der Waals surface area (Å²) in [6.07, 6.45) is -7.76. The molecule has 106 valence electrons. The maximum atomic E-state index is 12.5. The highest BCUT2D eigenvalue weighted by atomic mass is 35.5. The van der Waals surface area contributed by atoms with Crippen LogP contribution in [0.15, 0.2) is 12.1 Å². The highest BCUT2D eigenvalue weighted by Gasteiger charge is 2.45. The van der Waals surface area contributed by atoms with E-state index in [1.54, 1.807) is 0 Å². The van der Waals surface area contributed by atoms with Crippen LogP contribution in [0.2, 0.25) is 10.0 Å². The van der Waals surface area contributed by atoms with Gasteiger partial charge in [-0.1, -0.05) is 23.2 Å². The monoisotopic (exact) mass is 323 g/mol. The Bertz CT molecular complexity index is 654. The van der Waals surface area contributed by atoms with Crippen molar-refractivity contribution < 1.29 is 18.3 Å². The van der Waals surface area contributed by atoms with Gasteiger partial charge in [-0.15, -0.1) is 0 Å². The fourth-order valence-corrected chi connectivity index (χ4v) is 1.96. The predicted molar refractivity (Wildman–Crippen MR) is 66.5 cm³/mol. The number of nitriles is 1. The smallest absolute Gasteiger partial charge is 0.382 e. The van der Waals surface area contributed by atoms with Crippen LogP contribution in [0, 0.1) is 11.3 Å². The normalized spacial score (nSPS) is 15.1. The van der Waals surface area contributed by atoms with Gasteiger partial charge in [0.05, 0.1) is 27.1 Å². The van der Waals surface area contributed by atoms with Crippen molar-refractivity contribution in [1.29, 1.82) is 5.26 Å². The quantitative estimate of drug-likeness (QED) is 0.889. The Balaban J connectivity index is 2.49. The lowest BCUT2D eigenvalue weighted by molar-refractivity contribution is -0.206. The first-order valence-corrected chi connectivity index (χ1v) is 5.98. The molecule has 2 unspecified atom stereocenters. The molecule has 0 saturated carbocycles. The molecule has 0 bridgehead atoms. The van der Waals surface area contributed by atoms with Gasteiger partial charge < -0.3 is 10.1 Å². The Hall–Kier alpha value is -1.49. The average Bonchev–Trinajstić information content (AvgIpc) is 2.72. The molecule has 4 nitrogen and oxygen atoms in total. The molecule has 0 fully saturated rings. The number of halogens is 5. The number of hydrogen-bond acceptors (Lipinski definition) is 3. The molecule has 2 N–H and O–H groups in total. The van der Waals surface area contributed by atoms with Crippen LogP contribution in [0.4, 0.5) is 13.2 Å². The maximum absolute atomic E-state index is 12.5. The number of aliphatic hydroxyl groups excluding tert-OH is 1. The zero-order valence-electron chi connectivity index (χ0n) is 9.54. The molecular weight excluding hydrogens is 318 g/mol. The van der Waals surface area contributed by atoms with Gasteiger partial charge in [-0.3, -0.25) is 0 Å². The first kappa shape index (κ1) is 14.9. The number of alkyl halides is 3. The molecule has 20 heavy (non-hydrogen) atoms. The Labute approximate surface area is 120 Å². The zero-order valence-corrected chi connectivity index (χ0v) is 11.1. The standard InChI is InChI=1S/C11H6Cl2F3N3O/c12-5-1-7-8(2-6(5)13)19-10(18-7)4(3-17)9(20)11(14,15)16/h1-2,4,9,20H,(H,18,19). The molecule has 1 heterocycles. The van der Waals surface area contributed by atoms with Crippen molar-refractivity contribution in [2.45, 2.75) is 18.2 Å². The number of aliphatic hydroxyl groups is 1. The second-order valence-corrected chi connectivity index (χ2v) is 4.81. The molecule has 1 aromatic carbocycles. The number of rotatable bonds is 2. The Morgan fingerprint density at radius 2 is 1.90 bits per heavy atom. The van der Waals surface area contributed by atoms with Crippen molar-refractivity contribution in [3.63, 3.8) is 0 Å². The average molecular weight is 324 g/mol. The molecule has 0 aliphatic heterocycles. The molecule has 0 aliphatic carbocycles. The van der Waals surface area contributed by atoms with Gasteiger partial charge in [-0.2, -0.15) is 18.4 Å². The Morgan fingerprint density at radius 3 is 2.45 bits per heavy atom. The lowest BCUT2D eigenvalue weighted by Crippen LogP contribution is -2.34. The van der Waals surface area contributed by atoms with Crippen LogP contribution in [0.1, 0.15) is 11.7 Å². The minimum atomic E-state index is -4.92. The summed E-state index contributed by atoms with van der Waals surface area (Å²) < 4.78 is 37.4. The molecule has 1 aromatic heterocycles. The van der Waals surface area contributed by atoms with Crippen LogP contribution < -0.4 is 0 Å². The molecular formula is C11H6Cl2F3N3O. The van der Waals surface area contributed by atoms with Gasteiger partial charge in [0.1, 0.15) is 11.7 Å². The van der Waals surface area contributed by atoms with Crippen molar-refractivity contribution in [3.8, 4) is 6.07 Å². The van der Waals surface area contributed by atoms with E-state index in [0.29, 0.717) is 5.52 Å². The van der Waals surface area contributed by atoms with Gasteiger partial charge in [0, 0.05) is 0 Å². The van der Waals surface area contributed by atoms with E-state index in [2.05, 4.69) is 9.97 Å². The van der Waals surface area contributed by atoms with Crippen LogP contribution in [-0.4, -0.2) is 27.4 Å². The molecule has 0 aliphatic rings. The number of hydrogen-bond donors (Lipinski definition) is 2. The Morgan fingerprint density at radius 1 is 1.30 bits per heavy atom. The van der Waals surface area contributed by atoms with E-state index in [-0.39, 0.29) is 21.4 Å². The largest absolute Gasteiger partial charge is 0.416 e. The number of nitrogens with one attached hydrogen (secondary N) is 1. The highest BCUT2D eigenvalue weighted by Crippen LogP contribution is 2.32. The van der Waals surface area contributed by atoms with Crippen LogP contribution >= 0.6 is 23.2 Å². The SMILES string of the molecule is N#CC(c1nc2cc(Cl)c(Cl)cc2[nH]1)C(O)C(F)(F)F. The van der Waals surface area contributed by atoms with Gasteiger partial charge in [0.2, 0.25) is 0 Å². The zero-order chi connectivity index (χ0) is 15.1. The van der Waals surface area contributed by atoms with Gasteiger partial charge >= 0.3 is 6.18 Å². The number of aromatic amines is 1.